The van der Waals surface area contributed by atoms with Gasteiger partial charge in [-0.05, 0) is 6.07 Å². The SMILES string of the molecule is N#COC(=O)[C@H](CO)Nc1ccccc1[N+](=O)[O-]. The van der Waals surface area contributed by atoms with Crippen molar-refractivity contribution in [1.29, 1.82) is 5.26 Å². The van der Waals surface area contributed by atoms with Crippen LogP contribution in [0.5, 0.6) is 0 Å². The number of para-hydroxylation sites is 2. The van der Waals surface area contributed by atoms with Gasteiger partial charge in [0.15, 0.2) is 0 Å². The van der Waals surface area contributed by atoms with E-state index in [4.69, 9.17) is 10.4 Å². The lowest BCUT2D eigenvalue weighted by Crippen LogP contribution is -2.34. The van der Waals surface area contributed by atoms with E-state index in [-0.39, 0.29) is 11.4 Å². The van der Waals surface area contributed by atoms with Crippen LogP contribution in [0.2, 0.25) is 0 Å². The van der Waals surface area contributed by atoms with E-state index in [0.29, 0.717) is 0 Å². The Morgan fingerprint density at radius 1 is 1.61 bits per heavy atom. The van der Waals surface area contributed by atoms with Crippen molar-refractivity contribution in [2.24, 2.45) is 0 Å². The fourth-order valence-electron chi connectivity index (χ4n) is 1.24. The summed E-state index contributed by atoms with van der Waals surface area (Å²) in [4.78, 5) is 21.3. The number of carbonyl (C=O) groups is 1. The third-order valence-corrected chi connectivity index (χ3v) is 2.04. The number of esters is 1. The normalized spacial score (nSPS) is 11.1. The van der Waals surface area contributed by atoms with Crippen molar-refractivity contribution in [2.45, 2.75) is 6.04 Å². The molecule has 0 spiro atoms. The van der Waals surface area contributed by atoms with E-state index in [1.807, 2.05) is 0 Å². The predicted octanol–water partition coefficient (Wildman–Crippen LogP) is 0.392. The summed E-state index contributed by atoms with van der Waals surface area (Å²) in [7, 11) is 0. The summed E-state index contributed by atoms with van der Waals surface area (Å²) in [5, 5.41) is 30.3. The Kier molecular flexibility index (Phi) is 4.59. The average Bonchev–Trinajstić information content (AvgIpc) is 2.36. The van der Waals surface area contributed by atoms with Gasteiger partial charge in [0.25, 0.3) is 11.9 Å². The summed E-state index contributed by atoms with van der Waals surface area (Å²) >= 11 is 0. The second-order valence-electron chi connectivity index (χ2n) is 3.17. The van der Waals surface area contributed by atoms with Crippen molar-refractivity contribution in [3.8, 4) is 6.26 Å². The molecule has 94 valence electrons. The molecule has 2 N–H and O–H groups in total. The molecule has 0 fully saturated rings. The number of anilines is 1. The molecule has 1 aromatic rings. The van der Waals surface area contributed by atoms with Gasteiger partial charge in [-0.15, -0.1) is 5.26 Å². The number of nitrogens with zero attached hydrogens (tertiary/aromatic N) is 2. The van der Waals surface area contributed by atoms with Gasteiger partial charge in [-0.3, -0.25) is 10.1 Å². The smallest absolute Gasteiger partial charge is 0.346 e. The number of carbonyl (C=O) groups excluding carboxylic acids is 1. The lowest BCUT2D eigenvalue weighted by atomic mass is 10.2. The van der Waals surface area contributed by atoms with Crippen LogP contribution in [0.4, 0.5) is 11.4 Å². The molecular weight excluding hydrogens is 242 g/mol. The number of hydrogen-bond acceptors (Lipinski definition) is 7. The Labute approximate surface area is 102 Å². The Hall–Kier alpha value is -2.66. The largest absolute Gasteiger partial charge is 0.394 e. The Bertz CT molecular complexity index is 497. The monoisotopic (exact) mass is 251 g/mol. The first kappa shape index (κ1) is 13.4. The number of benzene rings is 1. The molecule has 0 saturated heterocycles. The summed E-state index contributed by atoms with van der Waals surface area (Å²) in [6.45, 7) is -0.660. The third-order valence-electron chi connectivity index (χ3n) is 2.04. The van der Waals surface area contributed by atoms with Crippen LogP contribution in [0.1, 0.15) is 0 Å². The van der Waals surface area contributed by atoms with E-state index in [0.717, 1.165) is 0 Å². The Morgan fingerprint density at radius 3 is 2.83 bits per heavy atom. The summed E-state index contributed by atoms with van der Waals surface area (Å²) in [6, 6.07) is 4.36. The molecule has 18 heavy (non-hydrogen) atoms. The van der Waals surface area contributed by atoms with Crippen LogP contribution in [0, 0.1) is 21.6 Å². The molecule has 8 nitrogen and oxygen atoms in total. The zero-order valence-electron chi connectivity index (χ0n) is 9.07. The molecule has 0 heterocycles. The number of nitrogens with one attached hydrogen (secondary N) is 1. The molecule has 0 amide bonds. The number of ether oxygens (including phenoxy) is 1. The first-order chi connectivity index (χ1) is 8.60. The van der Waals surface area contributed by atoms with Gasteiger partial charge >= 0.3 is 5.97 Å². The molecule has 0 unspecified atom stereocenters. The van der Waals surface area contributed by atoms with Crippen LogP contribution >= 0.6 is 0 Å². The minimum Gasteiger partial charge on any atom is -0.394 e. The van der Waals surface area contributed by atoms with Crippen molar-refractivity contribution in [3.05, 3.63) is 34.4 Å². The number of nitro groups is 1. The lowest BCUT2D eigenvalue weighted by molar-refractivity contribution is -0.384. The van der Waals surface area contributed by atoms with Gasteiger partial charge in [0, 0.05) is 6.07 Å². The molecule has 0 radical (unpaired) electrons. The highest BCUT2D eigenvalue weighted by molar-refractivity contribution is 5.81. The van der Waals surface area contributed by atoms with Gasteiger partial charge in [-0.2, -0.15) is 0 Å². The average molecular weight is 251 g/mol. The van der Waals surface area contributed by atoms with Gasteiger partial charge in [0.05, 0.1) is 11.5 Å². The van der Waals surface area contributed by atoms with E-state index < -0.39 is 23.5 Å². The van der Waals surface area contributed by atoms with E-state index in [1.165, 1.54) is 30.5 Å². The fraction of sp³-hybridized carbons (Fsp3) is 0.200. The first-order valence-corrected chi connectivity index (χ1v) is 4.80. The van der Waals surface area contributed by atoms with Crippen molar-refractivity contribution >= 4 is 17.3 Å². The first-order valence-electron chi connectivity index (χ1n) is 4.80. The van der Waals surface area contributed by atoms with Crippen LogP contribution in [0.25, 0.3) is 0 Å². The zero-order valence-corrected chi connectivity index (χ0v) is 9.07. The molecular formula is C10H9N3O5. The number of rotatable bonds is 5. The molecule has 0 aliphatic heterocycles. The summed E-state index contributed by atoms with van der Waals surface area (Å²) in [5.74, 6) is -1.02. The Balaban J connectivity index is 2.92. The molecule has 0 saturated carbocycles. The summed E-state index contributed by atoms with van der Waals surface area (Å²) in [5.41, 5.74) is -0.197. The van der Waals surface area contributed by atoms with Crippen LogP contribution in [0.15, 0.2) is 24.3 Å². The highest BCUT2D eigenvalue weighted by atomic mass is 16.6. The minimum absolute atomic E-state index is 0.0523. The number of nitriles is 1. The van der Waals surface area contributed by atoms with Crippen molar-refractivity contribution in [2.75, 3.05) is 11.9 Å². The van der Waals surface area contributed by atoms with Crippen LogP contribution in [-0.2, 0) is 9.53 Å². The number of aliphatic hydroxyl groups excluding tert-OH is 1. The topological polar surface area (TPSA) is 125 Å². The summed E-state index contributed by atoms with van der Waals surface area (Å²) < 4.78 is 4.04. The van der Waals surface area contributed by atoms with E-state index >= 15 is 0 Å². The van der Waals surface area contributed by atoms with E-state index in [9.17, 15) is 14.9 Å². The van der Waals surface area contributed by atoms with Gasteiger partial charge in [-0.25, -0.2) is 4.79 Å². The van der Waals surface area contributed by atoms with Crippen LogP contribution in [-0.4, -0.2) is 28.6 Å². The van der Waals surface area contributed by atoms with Gasteiger partial charge in [0.2, 0.25) is 0 Å². The molecule has 1 atom stereocenters. The third kappa shape index (κ3) is 3.16. The molecule has 1 aromatic carbocycles. The number of nitro benzene ring substituents is 1. The van der Waals surface area contributed by atoms with E-state index in [2.05, 4.69) is 10.1 Å². The zero-order chi connectivity index (χ0) is 13.5. The van der Waals surface area contributed by atoms with E-state index in [1.54, 1.807) is 0 Å². The van der Waals surface area contributed by atoms with Crippen molar-refractivity contribution in [1.82, 2.24) is 0 Å². The molecule has 0 aliphatic carbocycles. The number of aliphatic hydroxyl groups is 1. The van der Waals surface area contributed by atoms with Crippen LogP contribution < -0.4 is 5.32 Å². The quantitative estimate of drug-likeness (QED) is 0.335. The maximum Gasteiger partial charge on any atom is 0.346 e. The predicted molar refractivity (Wildman–Crippen MR) is 59.3 cm³/mol. The molecule has 0 aliphatic rings. The van der Waals surface area contributed by atoms with Crippen molar-refractivity contribution < 1.29 is 19.6 Å². The standard InChI is InChI=1S/C10H9N3O5/c11-6-18-10(15)8(5-14)12-7-3-1-2-4-9(7)13(16)17/h1-4,8,12,14H,5H2/t8-/m0/s1. The van der Waals surface area contributed by atoms with Crippen LogP contribution in [0.3, 0.4) is 0 Å². The maximum absolute atomic E-state index is 11.2. The molecule has 0 bridgehead atoms. The van der Waals surface area contributed by atoms with Gasteiger partial charge in [0.1, 0.15) is 11.7 Å². The Morgan fingerprint density at radius 2 is 2.28 bits per heavy atom. The van der Waals surface area contributed by atoms with Gasteiger partial charge in [-0.1, -0.05) is 12.1 Å². The van der Waals surface area contributed by atoms with Crippen molar-refractivity contribution in [3.63, 3.8) is 0 Å². The molecule has 8 heteroatoms. The number of hydrogen-bond donors (Lipinski definition) is 2. The highest BCUT2D eigenvalue weighted by Crippen LogP contribution is 2.23. The lowest BCUT2D eigenvalue weighted by Gasteiger charge is -2.13. The second-order valence-corrected chi connectivity index (χ2v) is 3.17. The maximum atomic E-state index is 11.2. The molecule has 0 aromatic heterocycles. The highest BCUT2D eigenvalue weighted by Gasteiger charge is 2.22. The van der Waals surface area contributed by atoms with Gasteiger partial charge < -0.3 is 15.2 Å². The molecule has 1 rings (SSSR count). The summed E-state index contributed by atoms with van der Waals surface area (Å²) in [6.07, 6.45) is 1.17. The minimum atomic E-state index is -1.24. The second kappa shape index (κ2) is 6.17. The fourth-order valence-corrected chi connectivity index (χ4v) is 1.24.